The number of nitrogens with one attached hydrogen (secondary N) is 1. The zero-order valence-corrected chi connectivity index (χ0v) is 33.0. The lowest BCUT2D eigenvalue weighted by Crippen LogP contribution is -2.51. The van der Waals surface area contributed by atoms with Gasteiger partial charge in [0.2, 0.25) is 0 Å². The molecule has 4 aromatic rings. The first-order chi connectivity index (χ1) is 27.3. The van der Waals surface area contributed by atoms with Crippen LogP contribution in [0.2, 0.25) is 0 Å². The smallest absolute Gasteiger partial charge is 0.161 e. The van der Waals surface area contributed by atoms with Gasteiger partial charge in [-0.3, -0.25) is 0 Å². The monoisotopic (exact) mass is 757 g/mol. The van der Waals surface area contributed by atoms with E-state index in [0.29, 0.717) is 37.5 Å². The molecule has 3 aromatic carbocycles. The Morgan fingerprint density at radius 2 is 1.84 bits per heavy atom. The molecule has 56 heavy (non-hydrogen) atoms. The fourth-order valence-electron chi connectivity index (χ4n) is 11.0. The van der Waals surface area contributed by atoms with Gasteiger partial charge in [0.15, 0.2) is 11.5 Å². The van der Waals surface area contributed by atoms with Gasteiger partial charge in [0.1, 0.15) is 12.4 Å². The number of fused-ring (bicyclic) bond motifs is 8. The van der Waals surface area contributed by atoms with Crippen molar-refractivity contribution in [3.05, 3.63) is 113 Å². The number of ether oxygens (including phenoxy) is 3. The number of aryl methyl sites for hydroxylation is 1. The minimum atomic E-state index is -0.509. The Morgan fingerprint density at radius 3 is 2.70 bits per heavy atom. The number of phenolic OH excluding ortho intramolecular Hbond substituents is 1. The van der Waals surface area contributed by atoms with E-state index in [1.807, 2.05) is 18.2 Å². The second kappa shape index (κ2) is 15.7. The van der Waals surface area contributed by atoms with Crippen LogP contribution >= 0.6 is 0 Å². The summed E-state index contributed by atoms with van der Waals surface area (Å²) >= 11 is 0. The number of benzene rings is 3. The summed E-state index contributed by atoms with van der Waals surface area (Å²) in [5, 5.41) is 28.1. The minimum absolute atomic E-state index is 0.0711. The molecule has 1 saturated heterocycles. The lowest BCUT2D eigenvalue weighted by Gasteiger charge is -2.54. The second-order valence-electron chi connectivity index (χ2n) is 17.4. The summed E-state index contributed by atoms with van der Waals surface area (Å²) < 4.78 is 21.8. The molecule has 2 aliphatic carbocycles. The van der Waals surface area contributed by atoms with Crippen LogP contribution in [0, 0.1) is 5.92 Å². The van der Waals surface area contributed by atoms with Gasteiger partial charge < -0.3 is 40.0 Å². The molecule has 1 unspecified atom stereocenters. The van der Waals surface area contributed by atoms with Crippen LogP contribution in [-0.4, -0.2) is 53.0 Å². The Bertz CT molecular complexity index is 2110. The summed E-state index contributed by atoms with van der Waals surface area (Å²) in [6.07, 6.45) is 20.8. The van der Waals surface area contributed by atoms with Crippen LogP contribution in [0.15, 0.2) is 84.7 Å². The van der Waals surface area contributed by atoms with E-state index in [1.54, 1.807) is 11.6 Å². The fourth-order valence-corrected chi connectivity index (χ4v) is 11.0. The predicted octanol–water partition coefficient (Wildman–Crippen LogP) is 8.74. The molecule has 2 fully saturated rings. The average molecular weight is 758 g/mol. The quantitative estimate of drug-likeness (QED) is 0.151. The zero-order valence-electron chi connectivity index (χ0n) is 33.0. The first-order valence-electron chi connectivity index (χ1n) is 21.4. The highest BCUT2D eigenvalue weighted by Crippen LogP contribution is 2.60. The van der Waals surface area contributed by atoms with E-state index in [4.69, 9.17) is 19.9 Å². The van der Waals surface area contributed by atoms with Gasteiger partial charge in [-0.05, 0) is 115 Å². The number of aliphatic hydroxyl groups excluding tert-OH is 1. The average Bonchev–Trinajstić information content (AvgIpc) is 3.87. The third kappa shape index (κ3) is 6.97. The number of aromatic hydroxyl groups is 1. The zero-order chi connectivity index (χ0) is 38.3. The normalized spacial score (nSPS) is 27.6. The van der Waals surface area contributed by atoms with Gasteiger partial charge in [-0.25, -0.2) is 0 Å². The largest absolute Gasteiger partial charge is 0.504 e. The highest BCUT2D eigenvalue weighted by molar-refractivity contribution is 5.88. The number of nitrogens with zero attached hydrogens (tertiary/aromatic N) is 1. The van der Waals surface area contributed by atoms with Crippen molar-refractivity contribution in [1.82, 2.24) is 9.88 Å². The summed E-state index contributed by atoms with van der Waals surface area (Å²) in [4.78, 5) is 0. The van der Waals surface area contributed by atoms with Crippen molar-refractivity contribution < 1.29 is 24.4 Å². The van der Waals surface area contributed by atoms with Crippen molar-refractivity contribution in [2.45, 2.75) is 126 Å². The van der Waals surface area contributed by atoms with E-state index in [9.17, 15) is 10.2 Å². The predicted molar refractivity (Wildman–Crippen MR) is 222 cm³/mol. The lowest BCUT2D eigenvalue weighted by atomic mass is 9.51. The molecule has 3 aliphatic heterocycles. The van der Waals surface area contributed by atoms with Crippen LogP contribution < -0.4 is 15.8 Å². The van der Waals surface area contributed by atoms with Crippen LogP contribution in [0.25, 0.3) is 16.6 Å². The molecule has 8 heteroatoms. The van der Waals surface area contributed by atoms with Crippen molar-refractivity contribution in [1.29, 1.82) is 0 Å². The van der Waals surface area contributed by atoms with Gasteiger partial charge in [0, 0.05) is 40.8 Å². The van der Waals surface area contributed by atoms with E-state index in [0.717, 1.165) is 85.0 Å². The number of dihydropyridines is 1. The second-order valence-corrected chi connectivity index (χ2v) is 17.4. The Hall–Kier alpha value is -4.08. The molecule has 0 amide bonds. The van der Waals surface area contributed by atoms with Crippen molar-refractivity contribution in [3.63, 3.8) is 0 Å². The summed E-state index contributed by atoms with van der Waals surface area (Å²) in [6, 6.07) is 19.7. The number of nitrogens with two attached hydrogens (primary N) is 1. The van der Waals surface area contributed by atoms with Crippen molar-refractivity contribution >= 4 is 16.6 Å². The molecule has 1 aromatic heterocycles. The molecule has 8 nitrogen and oxygen atoms in total. The Kier molecular flexibility index (Phi) is 10.5. The number of unbranched alkanes of at least 4 members (excludes halogenated alkanes) is 2. The molecule has 9 rings (SSSR count). The maximum Gasteiger partial charge on any atom is 0.161 e. The third-order valence-corrected chi connectivity index (χ3v) is 13.9. The van der Waals surface area contributed by atoms with E-state index in [2.05, 4.69) is 71.7 Å². The van der Waals surface area contributed by atoms with E-state index < -0.39 is 6.10 Å². The fraction of sp³-hybridized carbons (Fsp3) is 0.500. The topological polar surface area (TPSA) is 111 Å². The molecular formula is C48H59N3O5. The number of aromatic nitrogens is 1. The highest BCUT2D eigenvalue weighted by Gasteiger charge is 2.55. The molecule has 5 N–H and O–H groups in total. The Balaban J connectivity index is 1.19. The van der Waals surface area contributed by atoms with Gasteiger partial charge in [0.05, 0.1) is 31.6 Å². The number of hydrogen-bond acceptors (Lipinski definition) is 7. The van der Waals surface area contributed by atoms with Crippen molar-refractivity contribution in [3.8, 4) is 11.5 Å². The van der Waals surface area contributed by atoms with E-state index in [1.165, 1.54) is 36.8 Å². The summed E-state index contributed by atoms with van der Waals surface area (Å²) in [5.74, 6) is 1.84. The van der Waals surface area contributed by atoms with Gasteiger partial charge in [0.25, 0.3) is 0 Å². The molecular weight excluding hydrogens is 699 g/mol. The molecule has 296 valence electrons. The maximum absolute atomic E-state index is 11.2. The molecule has 4 bridgehead atoms. The van der Waals surface area contributed by atoms with Crippen LogP contribution in [0.5, 0.6) is 11.5 Å². The SMILES string of the molecule is CCCCC[C@H]1C[C@H](O)CCc2ccc(O)c(c2)OCc2cc([C@]34CCOC[C@@H]3CC3(CCCC3)c3ccccc34)cc3cn(cc23)C2=C(C=CC(N)N2)CO1. The summed E-state index contributed by atoms with van der Waals surface area (Å²) in [7, 11) is 0. The van der Waals surface area contributed by atoms with E-state index in [-0.39, 0.29) is 35.5 Å². The first kappa shape index (κ1) is 37.5. The number of aliphatic hydroxyl groups is 1. The molecule has 5 aliphatic rings. The molecule has 1 spiro atoms. The van der Waals surface area contributed by atoms with Gasteiger partial charge >= 0.3 is 0 Å². The third-order valence-electron chi connectivity index (χ3n) is 13.9. The van der Waals surface area contributed by atoms with Gasteiger partial charge in [-0.2, -0.15) is 0 Å². The minimum Gasteiger partial charge on any atom is -0.504 e. The Morgan fingerprint density at radius 1 is 0.982 bits per heavy atom. The van der Waals surface area contributed by atoms with Crippen LogP contribution in [-0.2, 0) is 33.3 Å². The standard InChI is InChI=1S/C48H59N3O5/c1-2-3-4-9-39-25-38(52)15-12-32-13-16-43(53)44(22-32)56-30-35-24-36(23-34-27-51(28-40(34)35)46-33(29-55-39)14-17-45(49)50-46)48-20-21-54-31-37(48)26-47(18-7-8-19-47)41-10-5-6-11-42(41)48/h5-6,10-11,13-14,16-17,22-24,27-28,37-39,45,50,52-53H,2-4,7-9,12,15,18-21,25-26,29-31,49H2,1H3/t37-,38+,39-,45?,48+/m0/s1. The van der Waals surface area contributed by atoms with Gasteiger partial charge in [-0.1, -0.05) is 81.5 Å². The van der Waals surface area contributed by atoms with Crippen molar-refractivity contribution in [2.24, 2.45) is 11.7 Å². The first-order valence-corrected chi connectivity index (χ1v) is 21.4. The maximum atomic E-state index is 11.2. The molecule has 1 saturated carbocycles. The summed E-state index contributed by atoms with van der Waals surface area (Å²) in [6.45, 7) is 4.40. The molecule has 4 heterocycles. The number of phenols is 1. The Labute approximate surface area is 331 Å². The van der Waals surface area contributed by atoms with Gasteiger partial charge in [-0.15, -0.1) is 0 Å². The summed E-state index contributed by atoms with van der Waals surface area (Å²) in [5.41, 5.74) is 14.0. The van der Waals surface area contributed by atoms with Crippen LogP contribution in [0.3, 0.4) is 0 Å². The van der Waals surface area contributed by atoms with Crippen LogP contribution in [0.1, 0.15) is 112 Å². The lowest BCUT2D eigenvalue weighted by molar-refractivity contribution is -0.00873. The van der Waals surface area contributed by atoms with Crippen LogP contribution in [0.4, 0.5) is 0 Å². The van der Waals surface area contributed by atoms with E-state index >= 15 is 0 Å². The van der Waals surface area contributed by atoms with Crippen molar-refractivity contribution in [2.75, 3.05) is 19.8 Å². The molecule has 0 radical (unpaired) electrons. The highest BCUT2D eigenvalue weighted by atomic mass is 16.5. The number of hydrogen-bond donors (Lipinski definition) is 4. The molecule has 5 atom stereocenters. The number of rotatable bonds is 5.